The lowest BCUT2D eigenvalue weighted by atomic mass is 10.2. The highest BCUT2D eigenvalue weighted by atomic mass is 16.5. The maximum absolute atomic E-state index is 5.56. The molecule has 1 saturated carbocycles. The molecule has 0 radical (unpaired) electrons. The molecule has 0 aromatic carbocycles. The van der Waals surface area contributed by atoms with Crippen molar-refractivity contribution in [2.24, 2.45) is 10.8 Å². The minimum absolute atomic E-state index is 0.413. The molecule has 1 aliphatic heterocycles. The van der Waals surface area contributed by atoms with Gasteiger partial charge in [-0.1, -0.05) is 12.8 Å². The first-order chi connectivity index (χ1) is 7.81. The summed E-state index contributed by atoms with van der Waals surface area (Å²) in [6.45, 7) is 1.62. The molecule has 16 heavy (non-hydrogen) atoms. The van der Waals surface area contributed by atoms with E-state index in [1.807, 2.05) is 7.05 Å². The minimum Gasteiger partial charge on any atom is -0.379 e. The molecule has 0 aromatic rings. The summed E-state index contributed by atoms with van der Waals surface area (Å²) in [7, 11) is 2.03. The van der Waals surface area contributed by atoms with E-state index in [0.29, 0.717) is 12.1 Å². The molecule has 0 aromatic heterocycles. The zero-order valence-electron chi connectivity index (χ0n) is 9.98. The van der Waals surface area contributed by atoms with Crippen LogP contribution in [0.1, 0.15) is 32.1 Å². The van der Waals surface area contributed by atoms with E-state index in [-0.39, 0.29) is 0 Å². The summed E-state index contributed by atoms with van der Waals surface area (Å²) >= 11 is 0. The monoisotopic (exact) mass is 226 g/mol. The lowest BCUT2D eigenvalue weighted by Crippen LogP contribution is -2.48. The van der Waals surface area contributed by atoms with E-state index in [1.54, 1.807) is 0 Å². The van der Waals surface area contributed by atoms with Crippen molar-refractivity contribution < 1.29 is 4.74 Å². The van der Waals surface area contributed by atoms with Crippen molar-refractivity contribution in [2.75, 3.05) is 20.3 Å². The summed E-state index contributed by atoms with van der Waals surface area (Å²) in [5, 5.41) is 0. The van der Waals surface area contributed by atoms with E-state index in [0.717, 1.165) is 25.6 Å². The first kappa shape index (κ1) is 11.7. The Bertz CT molecular complexity index is 244. The van der Waals surface area contributed by atoms with Crippen LogP contribution in [0.4, 0.5) is 0 Å². The van der Waals surface area contributed by atoms with E-state index in [1.165, 1.54) is 25.7 Å². The van der Waals surface area contributed by atoms with E-state index in [2.05, 4.69) is 15.3 Å². The number of aliphatic imine (C=N–C) groups is 1. The molecular formula is C11H22N4O. The molecule has 5 heteroatoms. The van der Waals surface area contributed by atoms with Gasteiger partial charge in [-0.25, -0.2) is 10.8 Å². The maximum Gasteiger partial charge on any atom is 0.208 e. The molecule has 0 bridgehead atoms. The minimum atomic E-state index is 0.413. The molecule has 2 rings (SSSR count). The molecule has 1 unspecified atom stereocenters. The van der Waals surface area contributed by atoms with Crippen molar-refractivity contribution >= 4 is 5.96 Å². The lowest BCUT2D eigenvalue weighted by Gasteiger charge is -2.26. The van der Waals surface area contributed by atoms with Crippen LogP contribution >= 0.6 is 0 Å². The Hall–Kier alpha value is -0.810. The summed E-state index contributed by atoms with van der Waals surface area (Å²) in [6, 6.07) is 0.868. The van der Waals surface area contributed by atoms with Crippen LogP contribution in [0.2, 0.25) is 0 Å². The molecule has 1 atom stereocenters. The zero-order chi connectivity index (χ0) is 11.4. The highest BCUT2D eigenvalue weighted by molar-refractivity contribution is 5.79. The Morgan fingerprint density at radius 3 is 2.69 bits per heavy atom. The van der Waals surface area contributed by atoms with Crippen LogP contribution in [0.5, 0.6) is 0 Å². The summed E-state index contributed by atoms with van der Waals surface area (Å²) in [4.78, 5) is 6.81. The van der Waals surface area contributed by atoms with Gasteiger partial charge in [0, 0.05) is 13.7 Å². The number of nitrogens with zero attached hydrogens (tertiary/aromatic N) is 2. The topological polar surface area (TPSA) is 62.9 Å². The van der Waals surface area contributed by atoms with Crippen molar-refractivity contribution in [1.82, 2.24) is 10.3 Å². The van der Waals surface area contributed by atoms with E-state index in [9.17, 15) is 0 Å². The van der Waals surface area contributed by atoms with Crippen LogP contribution in [0, 0.1) is 0 Å². The van der Waals surface area contributed by atoms with E-state index < -0.39 is 0 Å². The highest BCUT2D eigenvalue weighted by Gasteiger charge is 2.24. The van der Waals surface area contributed by atoms with Crippen LogP contribution < -0.4 is 11.3 Å². The van der Waals surface area contributed by atoms with Gasteiger partial charge in [-0.2, -0.15) is 0 Å². The van der Waals surface area contributed by atoms with Crippen molar-refractivity contribution in [1.29, 1.82) is 0 Å². The third kappa shape index (κ3) is 2.65. The van der Waals surface area contributed by atoms with Gasteiger partial charge >= 0.3 is 0 Å². The van der Waals surface area contributed by atoms with Gasteiger partial charge in [0.15, 0.2) is 0 Å². The third-order valence-corrected chi connectivity index (χ3v) is 3.55. The highest BCUT2D eigenvalue weighted by Crippen LogP contribution is 2.21. The van der Waals surface area contributed by atoms with E-state index >= 15 is 0 Å². The number of hydrogen-bond donors (Lipinski definition) is 2. The fourth-order valence-electron chi connectivity index (χ4n) is 2.44. The summed E-state index contributed by atoms with van der Waals surface area (Å²) in [5.74, 6) is 6.36. The predicted octanol–water partition coefficient (Wildman–Crippen LogP) is 0.469. The smallest absolute Gasteiger partial charge is 0.208 e. The Kier molecular flexibility index (Phi) is 4.01. The number of hydrazine groups is 1. The summed E-state index contributed by atoms with van der Waals surface area (Å²) in [6.07, 6.45) is 6.03. The molecular weight excluding hydrogens is 204 g/mol. The molecule has 1 aliphatic carbocycles. The second kappa shape index (κ2) is 5.50. The molecule has 0 spiro atoms. The quantitative estimate of drug-likeness (QED) is 0.311. The normalized spacial score (nSPS) is 27.4. The number of rotatable bonds is 2. The van der Waals surface area contributed by atoms with Gasteiger partial charge < -0.3 is 9.64 Å². The van der Waals surface area contributed by atoms with Gasteiger partial charge in [0.05, 0.1) is 18.7 Å². The molecule has 3 N–H and O–H groups in total. The van der Waals surface area contributed by atoms with Crippen LogP contribution in [0.15, 0.2) is 4.99 Å². The number of likely N-dealkylation sites (N-methyl/N-ethyl adjacent to an activating group) is 1. The Labute approximate surface area is 97.0 Å². The van der Waals surface area contributed by atoms with Gasteiger partial charge in [0.25, 0.3) is 0 Å². The maximum atomic E-state index is 5.56. The summed E-state index contributed by atoms with van der Waals surface area (Å²) in [5.41, 5.74) is 2.73. The molecule has 2 aliphatic rings. The average Bonchev–Trinajstić information content (AvgIpc) is 2.97. The van der Waals surface area contributed by atoms with Crippen molar-refractivity contribution in [3.05, 3.63) is 0 Å². The number of guanidine groups is 1. The number of ether oxygens (including phenoxy) is 1. The van der Waals surface area contributed by atoms with Crippen LogP contribution in [0.3, 0.4) is 0 Å². The van der Waals surface area contributed by atoms with Crippen LogP contribution in [-0.2, 0) is 4.74 Å². The van der Waals surface area contributed by atoms with E-state index in [4.69, 9.17) is 10.6 Å². The Balaban J connectivity index is 1.96. The Morgan fingerprint density at radius 2 is 2.12 bits per heavy atom. The zero-order valence-corrected chi connectivity index (χ0v) is 9.98. The molecule has 1 heterocycles. The standard InChI is InChI=1S/C11H22N4O/c1-15(10-6-7-16-8-10)11(14-12)13-9-4-2-3-5-9/h9-10H,2-8,12H2,1H3,(H,13,14). The largest absolute Gasteiger partial charge is 0.379 e. The van der Waals surface area contributed by atoms with Crippen molar-refractivity contribution in [3.8, 4) is 0 Å². The third-order valence-electron chi connectivity index (χ3n) is 3.55. The van der Waals surface area contributed by atoms with Gasteiger partial charge in [-0.15, -0.1) is 0 Å². The first-order valence-corrected chi connectivity index (χ1v) is 6.16. The van der Waals surface area contributed by atoms with Gasteiger partial charge in [0.2, 0.25) is 5.96 Å². The fourth-order valence-corrected chi connectivity index (χ4v) is 2.44. The number of hydrogen-bond acceptors (Lipinski definition) is 3. The second-order valence-corrected chi connectivity index (χ2v) is 4.66. The van der Waals surface area contributed by atoms with Crippen LogP contribution in [-0.4, -0.2) is 43.2 Å². The molecule has 92 valence electrons. The van der Waals surface area contributed by atoms with Crippen molar-refractivity contribution in [2.45, 2.75) is 44.2 Å². The molecule has 1 saturated heterocycles. The summed E-state index contributed by atoms with van der Waals surface area (Å²) < 4.78 is 5.38. The second-order valence-electron chi connectivity index (χ2n) is 4.66. The fraction of sp³-hybridized carbons (Fsp3) is 0.909. The van der Waals surface area contributed by atoms with Gasteiger partial charge in [-0.3, -0.25) is 5.43 Å². The van der Waals surface area contributed by atoms with Gasteiger partial charge in [0.1, 0.15) is 0 Å². The molecule has 5 nitrogen and oxygen atoms in total. The molecule has 0 amide bonds. The Morgan fingerprint density at radius 1 is 1.38 bits per heavy atom. The first-order valence-electron chi connectivity index (χ1n) is 6.16. The number of nitrogens with one attached hydrogen (secondary N) is 1. The predicted molar refractivity (Wildman–Crippen MR) is 64.0 cm³/mol. The van der Waals surface area contributed by atoms with Gasteiger partial charge in [-0.05, 0) is 19.3 Å². The average molecular weight is 226 g/mol. The molecule has 2 fully saturated rings. The lowest BCUT2D eigenvalue weighted by molar-refractivity contribution is 0.178. The van der Waals surface area contributed by atoms with Crippen LogP contribution in [0.25, 0.3) is 0 Å². The van der Waals surface area contributed by atoms with Crippen molar-refractivity contribution in [3.63, 3.8) is 0 Å². The SMILES string of the molecule is CN(C(=NC1CCCC1)NN)C1CCOC1. The number of nitrogens with two attached hydrogens (primary N) is 1.